The molecule has 1 aliphatic heterocycles. The minimum atomic E-state index is -0.250. The third-order valence-electron chi connectivity index (χ3n) is 4.34. The molecule has 3 heteroatoms. The number of hydrogen-bond donors (Lipinski definition) is 1. The Balaban J connectivity index is 2.04. The van der Waals surface area contributed by atoms with Crippen LogP contribution in [0.3, 0.4) is 0 Å². The Bertz CT molecular complexity index is 240. The molecule has 92 valence electrons. The molecule has 0 unspecified atom stereocenters. The van der Waals surface area contributed by atoms with Crippen LogP contribution in [-0.2, 0) is 9.53 Å². The predicted octanol–water partition coefficient (Wildman–Crippen LogP) is 1.89. The van der Waals surface area contributed by atoms with E-state index >= 15 is 0 Å². The molecule has 0 radical (unpaired) electrons. The average molecular weight is 225 g/mol. The summed E-state index contributed by atoms with van der Waals surface area (Å²) in [6.45, 7) is 1.91. The van der Waals surface area contributed by atoms with Crippen molar-refractivity contribution in [1.29, 1.82) is 0 Å². The van der Waals surface area contributed by atoms with E-state index in [1.807, 2.05) is 0 Å². The maximum atomic E-state index is 12.6. The van der Waals surface area contributed by atoms with Crippen LogP contribution in [0, 0.1) is 11.3 Å². The molecule has 2 rings (SSSR count). The van der Waals surface area contributed by atoms with Crippen LogP contribution in [0.15, 0.2) is 0 Å². The van der Waals surface area contributed by atoms with Gasteiger partial charge in [-0.3, -0.25) is 4.79 Å². The van der Waals surface area contributed by atoms with E-state index in [4.69, 9.17) is 10.5 Å². The number of hydrogen-bond acceptors (Lipinski definition) is 3. The summed E-state index contributed by atoms with van der Waals surface area (Å²) in [6.07, 6.45) is 7.56. The van der Waals surface area contributed by atoms with Gasteiger partial charge in [-0.1, -0.05) is 19.3 Å². The largest absolute Gasteiger partial charge is 0.381 e. The highest BCUT2D eigenvalue weighted by Gasteiger charge is 2.41. The van der Waals surface area contributed by atoms with Crippen molar-refractivity contribution < 1.29 is 9.53 Å². The Kier molecular flexibility index (Phi) is 3.98. The average Bonchev–Trinajstić information content (AvgIpc) is 2.39. The van der Waals surface area contributed by atoms with Crippen LogP contribution in [0.25, 0.3) is 0 Å². The zero-order valence-corrected chi connectivity index (χ0v) is 10.0. The molecule has 1 saturated heterocycles. The number of rotatable bonds is 3. The molecule has 2 fully saturated rings. The Hall–Kier alpha value is -0.410. The third kappa shape index (κ3) is 2.30. The topological polar surface area (TPSA) is 52.3 Å². The highest BCUT2D eigenvalue weighted by atomic mass is 16.5. The summed E-state index contributed by atoms with van der Waals surface area (Å²) in [6, 6.07) is 0. The number of nitrogens with two attached hydrogens (primary N) is 1. The fourth-order valence-corrected chi connectivity index (χ4v) is 3.11. The number of carbonyl (C=O) groups excluding carboxylic acids is 1. The van der Waals surface area contributed by atoms with E-state index in [2.05, 4.69) is 0 Å². The van der Waals surface area contributed by atoms with Crippen molar-refractivity contribution in [3.8, 4) is 0 Å². The second kappa shape index (κ2) is 5.28. The summed E-state index contributed by atoms with van der Waals surface area (Å²) in [5, 5.41) is 0. The van der Waals surface area contributed by atoms with Crippen molar-refractivity contribution in [2.24, 2.45) is 17.1 Å². The van der Waals surface area contributed by atoms with Crippen molar-refractivity contribution in [3.05, 3.63) is 0 Å². The first-order valence-corrected chi connectivity index (χ1v) is 6.61. The first-order valence-electron chi connectivity index (χ1n) is 6.61. The Morgan fingerprint density at radius 1 is 1.19 bits per heavy atom. The maximum absolute atomic E-state index is 12.6. The van der Waals surface area contributed by atoms with Crippen molar-refractivity contribution in [2.45, 2.75) is 44.9 Å². The number of ether oxygens (including phenoxy) is 1. The zero-order valence-electron chi connectivity index (χ0n) is 10.0. The Morgan fingerprint density at radius 3 is 2.38 bits per heavy atom. The molecule has 1 heterocycles. The zero-order chi connectivity index (χ0) is 11.4. The molecular weight excluding hydrogens is 202 g/mol. The van der Waals surface area contributed by atoms with Gasteiger partial charge in [-0.05, 0) is 25.7 Å². The molecule has 3 nitrogen and oxygen atoms in total. The lowest BCUT2D eigenvalue weighted by molar-refractivity contribution is -0.138. The van der Waals surface area contributed by atoms with Crippen molar-refractivity contribution in [2.75, 3.05) is 19.8 Å². The van der Waals surface area contributed by atoms with Crippen molar-refractivity contribution in [3.63, 3.8) is 0 Å². The van der Waals surface area contributed by atoms with Crippen LogP contribution < -0.4 is 5.73 Å². The van der Waals surface area contributed by atoms with Crippen LogP contribution in [0.4, 0.5) is 0 Å². The van der Waals surface area contributed by atoms with Gasteiger partial charge in [-0.15, -0.1) is 0 Å². The molecule has 2 aliphatic rings. The fourth-order valence-electron chi connectivity index (χ4n) is 3.11. The summed E-state index contributed by atoms with van der Waals surface area (Å²) in [5.41, 5.74) is 5.62. The minimum Gasteiger partial charge on any atom is -0.381 e. The molecule has 0 bridgehead atoms. The lowest BCUT2D eigenvalue weighted by atomic mass is 9.69. The minimum absolute atomic E-state index is 0.250. The first kappa shape index (κ1) is 12.1. The van der Waals surface area contributed by atoms with Crippen LogP contribution >= 0.6 is 0 Å². The summed E-state index contributed by atoms with van der Waals surface area (Å²) >= 11 is 0. The van der Waals surface area contributed by atoms with Gasteiger partial charge in [-0.2, -0.15) is 0 Å². The lowest BCUT2D eigenvalue weighted by Crippen LogP contribution is -2.46. The Labute approximate surface area is 97.7 Å². The normalized spacial score (nSPS) is 26.6. The van der Waals surface area contributed by atoms with E-state index < -0.39 is 0 Å². The summed E-state index contributed by atoms with van der Waals surface area (Å²) in [5.74, 6) is 0.730. The second-order valence-corrected chi connectivity index (χ2v) is 5.30. The van der Waals surface area contributed by atoms with Gasteiger partial charge in [-0.25, -0.2) is 0 Å². The van der Waals surface area contributed by atoms with E-state index in [1.54, 1.807) is 0 Å². The lowest BCUT2D eigenvalue weighted by Gasteiger charge is -2.38. The molecule has 0 atom stereocenters. The van der Waals surface area contributed by atoms with Crippen LogP contribution in [0.1, 0.15) is 44.9 Å². The van der Waals surface area contributed by atoms with Gasteiger partial charge in [0.2, 0.25) is 0 Å². The SMILES string of the molecule is NCC1(C(=O)C2CCCCC2)CCOCC1. The number of carbonyl (C=O) groups is 1. The highest BCUT2D eigenvalue weighted by molar-refractivity contribution is 5.87. The molecule has 0 amide bonds. The summed E-state index contributed by atoms with van der Waals surface area (Å²) in [7, 11) is 0. The Morgan fingerprint density at radius 2 is 1.81 bits per heavy atom. The van der Waals surface area contributed by atoms with E-state index in [0.29, 0.717) is 25.5 Å². The quantitative estimate of drug-likeness (QED) is 0.798. The molecule has 2 N–H and O–H groups in total. The molecule has 1 aliphatic carbocycles. The monoisotopic (exact) mass is 225 g/mol. The van der Waals surface area contributed by atoms with E-state index in [-0.39, 0.29) is 11.3 Å². The summed E-state index contributed by atoms with van der Waals surface area (Å²) in [4.78, 5) is 12.6. The van der Waals surface area contributed by atoms with Gasteiger partial charge in [0.15, 0.2) is 0 Å². The standard InChI is InChI=1S/C13H23NO2/c14-10-13(6-8-16-9-7-13)12(15)11-4-2-1-3-5-11/h11H,1-10,14H2. The van der Waals surface area contributed by atoms with E-state index in [0.717, 1.165) is 25.7 Å². The number of ketones is 1. The van der Waals surface area contributed by atoms with Gasteiger partial charge in [0, 0.05) is 31.1 Å². The molecule has 1 saturated carbocycles. The van der Waals surface area contributed by atoms with Crippen LogP contribution in [0.2, 0.25) is 0 Å². The molecule has 0 spiro atoms. The third-order valence-corrected chi connectivity index (χ3v) is 4.34. The molecular formula is C13H23NO2. The highest BCUT2D eigenvalue weighted by Crippen LogP contribution is 2.37. The second-order valence-electron chi connectivity index (χ2n) is 5.30. The number of Topliss-reactive ketones (excluding diaryl/α,β-unsaturated/α-hetero) is 1. The maximum Gasteiger partial charge on any atom is 0.143 e. The van der Waals surface area contributed by atoms with Gasteiger partial charge in [0.05, 0.1) is 0 Å². The molecule has 0 aromatic rings. The van der Waals surface area contributed by atoms with E-state index in [1.165, 1.54) is 19.3 Å². The molecule has 16 heavy (non-hydrogen) atoms. The first-order chi connectivity index (χ1) is 7.78. The van der Waals surface area contributed by atoms with Gasteiger partial charge >= 0.3 is 0 Å². The smallest absolute Gasteiger partial charge is 0.143 e. The van der Waals surface area contributed by atoms with Gasteiger partial charge in [0.25, 0.3) is 0 Å². The van der Waals surface area contributed by atoms with Gasteiger partial charge < -0.3 is 10.5 Å². The molecule has 0 aromatic heterocycles. The summed E-state index contributed by atoms with van der Waals surface area (Å²) < 4.78 is 5.36. The van der Waals surface area contributed by atoms with Gasteiger partial charge in [0.1, 0.15) is 5.78 Å². The fraction of sp³-hybridized carbons (Fsp3) is 0.923. The van der Waals surface area contributed by atoms with Crippen molar-refractivity contribution >= 4 is 5.78 Å². The molecule has 0 aromatic carbocycles. The van der Waals surface area contributed by atoms with Crippen LogP contribution in [-0.4, -0.2) is 25.5 Å². The predicted molar refractivity (Wildman–Crippen MR) is 63.1 cm³/mol. The van der Waals surface area contributed by atoms with Crippen molar-refractivity contribution in [1.82, 2.24) is 0 Å². The van der Waals surface area contributed by atoms with E-state index in [9.17, 15) is 4.79 Å². The van der Waals surface area contributed by atoms with Crippen LogP contribution in [0.5, 0.6) is 0 Å².